The third kappa shape index (κ3) is 1.68. The van der Waals surface area contributed by atoms with Gasteiger partial charge >= 0.3 is 5.69 Å². The molecule has 0 bridgehead atoms. The van der Waals surface area contributed by atoms with Gasteiger partial charge in [0.2, 0.25) is 0 Å². The molecule has 0 spiro atoms. The first-order chi connectivity index (χ1) is 6.79. The highest BCUT2D eigenvalue weighted by molar-refractivity contribution is 7.10. The van der Waals surface area contributed by atoms with Gasteiger partial charge in [-0.25, -0.2) is 0 Å². The van der Waals surface area contributed by atoms with E-state index in [0.29, 0.717) is 31.3 Å². The number of nitro groups is 1. The lowest BCUT2D eigenvalue weighted by Crippen LogP contribution is -2.35. The molecule has 1 aliphatic rings. The summed E-state index contributed by atoms with van der Waals surface area (Å²) in [7, 11) is 0. The predicted octanol–water partition coefficient (Wildman–Crippen LogP) is 0.888. The number of hydrogen-bond acceptors (Lipinski definition) is 6. The molecule has 1 aromatic heterocycles. The van der Waals surface area contributed by atoms with Crippen LogP contribution in [-0.2, 0) is 4.74 Å². The Bertz CT molecular complexity index is 335. The fourth-order valence-electron chi connectivity index (χ4n) is 1.34. The molecule has 6 nitrogen and oxygen atoms in total. The van der Waals surface area contributed by atoms with E-state index in [0.717, 1.165) is 11.5 Å². The van der Waals surface area contributed by atoms with Crippen molar-refractivity contribution in [1.29, 1.82) is 0 Å². The van der Waals surface area contributed by atoms with E-state index in [-0.39, 0.29) is 5.69 Å². The van der Waals surface area contributed by atoms with Crippen molar-refractivity contribution in [3.05, 3.63) is 16.3 Å². The van der Waals surface area contributed by atoms with E-state index in [9.17, 15) is 10.1 Å². The number of hydrogen-bond donors (Lipinski definition) is 0. The Morgan fingerprint density at radius 2 is 2.29 bits per heavy atom. The zero-order chi connectivity index (χ0) is 9.97. The summed E-state index contributed by atoms with van der Waals surface area (Å²) in [6.45, 7) is 2.64. The molecule has 2 heterocycles. The highest BCUT2D eigenvalue weighted by Gasteiger charge is 2.23. The second kappa shape index (κ2) is 3.89. The lowest BCUT2D eigenvalue weighted by atomic mass is 10.4. The van der Waals surface area contributed by atoms with Gasteiger partial charge in [-0.15, -0.1) is 0 Å². The Morgan fingerprint density at radius 3 is 2.93 bits per heavy atom. The van der Waals surface area contributed by atoms with Crippen LogP contribution in [0.1, 0.15) is 0 Å². The zero-order valence-electron chi connectivity index (χ0n) is 7.38. The van der Waals surface area contributed by atoms with E-state index in [4.69, 9.17) is 4.74 Å². The number of anilines is 1. The van der Waals surface area contributed by atoms with Crippen LogP contribution < -0.4 is 4.90 Å². The molecule has 0 aliphatic carbocycles. The smallest absolute Gasteiger partial charge is 0.323 e. The number of morpholine rings is 1. The number of ether oxygens (including phenoxy) is 1. The molecule has 1 fully saturated rings. The van der Waals surface area contributed by atoms with Crippen molar-refractivity contribution in [2.75, 3.05) is 31.2 Å². The normalized spacial score (nSPS) is 17.0. The van der Waals surface area contributed by atoms with E-state index in [1.165, 1.54) is 6.20 Å². The second-order valence-corrected chi connectivity index (χ2v) is 3.65. The van der Waals surface area contributed by atoms with Crippen LogP contribution in [-0.4, -0.2) is 35.6 Å². The fraction of sp³-hybridized carbons (Fsp3) is 0.571. The highest BCUT2D eigenvalue weighted by Crippen LogP contribution is 2.32. The Morgan fingerprint density at radius 1 is 1.57 bits per heavy atom. The summed E-state index contributed by atoms with van der Waals surface area (Å²) in [6, 6.07) is 0. The Kier molecular flexibility index (Phi) is 2.60. The molecule has 0 saturated carbocycles. The molecular weight excluding hydrogens is 206 g/mol. The van der Waals surface area contributed by atoms with Crippen LogP contribution in [0, 0.1) is 10.1 Å². The third-order valence-corrected chi connectivity index (χ3v) is 2.88. The zero-order valence-corrected chi connectivity index (χ0v) is 8.20. The van der Waals surface area contributed by atoms with Crippen LogP contribution in [0.25, 0.3) is 0 Å². The summed E-state index contributed by atoms with van der Waals surface area (Å²) in [5.74, 6) is 0. The lowest BCUT2D eigenvalue weighted by molar-refractivity contribution is -0.384. The summed E-state index contributed by atoms with van der Waals surface area (Å²) in [5, 5.41) is 11.3. The van der Waals surface area contributed by atoms with Crippen LogP contribution in [0.5, 0.6) is 0 Å². The van der Waals surface area contributed by atoms with Crippen molar-refractivity contribution in [2.45, 2.75) is 0 Å². The van der Waals surface area contributed by atoms with Crippen LogP contribution in [0.3, 0.4) is 0 Å². The van der Waals surface area contributed by atoms with E-state index in [1.807, 2.05) is 4.90 Å². The summed E-state index contributed by atoms with van der Waals surface area (Å²) >= 11 is 1.16. The van der Waals surface area contributed by atoms with Gasteiger partial charge in [-0.05, 0) is 11.5 Å². The standard InChI is InChI=1S/C7H9N3O3S/c11-10(12)6-5-8-14-7(6)9-1-3-13-4-2-9/h5H,1-4H2. The Labute approximate surface area is 84.4 Å². The summed E-state index contributed by atoms with van der Waals surface area (Å²) < 4.78 is 9.01. The molecule has 76 valence electrons. The molecule has 0 N–H and O–H groups in total. The third-order valence-electron chi connectivity index (χ3n) is 2.03. The molecule has 0 atom stereocenters. The van der Waals surface area contributed by atoms with Crippen LogP contribution >= 0.6 is 11.5 Å². The first kappa shape index (κ1) is 9.35. The maximum absolute atomic E-state index is 10.6. The van der Waals surface area contributed by atoms with Gasteiger partial charge in [-0.3, -0.25) is 10.1 Å². The molecule has 7 heteroatoms. The number of aromatic nitrogens is 1. The minimum Gasteiger partial charge on any atom is -0.378 e. The molecule has 1 aromatic rings. The van der Waals surface area contributed by atoms with Gasteiger partial charge in [-0.2, -0.15) is 4.37 Å². The van der Waals surface area contributed by atoms with Gasteiger partial charge < -0.3 is 9.64 Å². The first-order valence-corrected chi connectivity index (χ1v) is 4.98. The first-order valence-electron chi connectivity index (χ1n) is 4.21. The number of nitrogens with zero attached hydrogens (tertiary/aromatic N) is 3. The highest BCUT2D eigenvalue weighted by atomic mass is 32.1. The minimum atomic E-state index is -0.395. The number of rotatable bonds is 2. The quantitative estimate of drug-likeness (QED) is 0.541. The van der Waals surface area contributed by atoms with E-state index < -0.39 is 4.92 Å². The molecule has 2 rings (SSSR count). The Hall–Kier alpha value is -1.21. The van der Waals surface area contributed by atoms with Gasteiger partial charge in [0.1, 0.15) is 6.20 Å². The largest absolute Gasteiger partial charge is 0.378 e. The molecule has 0 radical (unpaired) electrons. The molecule has 14 heavy (non-hydrogen) atoms. The van der Waals surface area contributed by atoms with Crippen molar-refractivity contribution in [3.8, 4) is 0 Å². The van der Waals surface area contributed by atoms with Gasteiger partial charge in [-0.1, -0.05) is 0 Å². The van der Waals surface area contributed by atoms with Crippen molar-refractivity contribution in [1.82, 2.24) is 4.37 Å². The topological polar surface area (TPSA) is 68.5 Å². The van der Waals surface area contributed by atoms with Crippen molar-refractivity contribution in [2.24, 2.45) is 0 Å². The minimum absolute atomic E-state index is 0.0944. The molecular formula is C7H9N3O3S. The molecule has 0 unspecified atom stereocenters. The lowest BCUT2D eigenvalue weighted by Gasteiger charge is -2.26. The van der Waals surface area contributed by atoms with E-state index >= 15 is 0 Å². The van der Waals surface area contributed by atoms with E-state index in [2.05, 4.69) is 4.37 Å². The predicted molar refractivity (Wildman–Crippen MR) is 51.8 cm³/mol. The van der Waals surface area contributed by atoms with Crippen LogP contribution in [0.4, 0.5) is 10.7 Å². The maximum atomic E-state index is 10.6. The summed E-state index contributed by atoms with van der Waals surface area (Å²) in [6.07, 6.45) is 1.30. The monoisotopic (exact) mass is 215 g/mol. The van der Waals surface area contributed by atoms with Crippen molar-refractivity contribution < 1.29 is 9.66 Å². The van der Waals surface area contributed by atoms with E-state index in [1.54, 1.807) is 0 Å². The molecule has 1 saturated heterocycles. The average molecular weight is 215 g/mol. The van der Waals surface area contributed by atoms with Gasteiger partial charge in [0, 0.05) is 13.1 Å². The second-order valence-electron chi connectivity index (χ2n) is 2.87. The Balaban J connectivity index is 2.21. The summed E-state index contributed by atoms with van der Waals surface area (Å²) in [4.78, 5) is 12.2. The summed E-state index contributed by atoms with van der Waals surface area (Å²) in [5.41, 5.74) is 0.0944. The molecule has 1 aliphatic heterocycles. The van der Waals surface area contributed by atoms with Crippen molar-refractivity contribution >= 4 is 22.2 Å². The maximum Gasteiger partial charge on any atom is 0.323 e. The van der Waals surface area contributed by atoms with Crippen LogP contribution in [0.2, 0.25) is 0 Å². The average Bonchev–Trinajstić information content (AvgIpc) is 2.67. The SMILES string of the molecule is O=[N+]([O-])c1cnsc1N1CCOCC1. The fourth-order valence-corrected chi connectivity index (χ4v) is 2.11. The molecule has 0 aromatic carbocycles. The van der Waals surface area contributed by atoms with Gasteiger partial charge in [0.05, 0.1) is 18.1 Å². The van der Waals surface area contributed by atoms with Crippen LogP contribution in [0.15, 0.2) is 6.20 Å². The molecule has 0 amide bonds. The van der Waals surface area contributed by atoms with Gasteiger partial charge in [0.15, 0.2) is 5.00 Å². The van der Waals surface area contributed by atoms with Gasteiger partial charge in [0.25, 0.3) is 0 Å². The van der Waals surface area contributed by atoms with Crippen molar-refractivity contribution in [3.63, 3.8) is 0 Å².